The molecule has 0 radical (unpaired) electrons. The monoisotopic (exact) mass is 261 g/mol. The molecule has 1 unspecified atom stereocenters. The molecule has 19 heavy (non-hydrogen) atoms. The maximum absolute atomic E-state index is 7.54. The van der Waals surface area contributed by atoms with E-state index in [1.807, 2.05) is 18.2 Å². The fourth-order valence-corrected chi connectivity index (χ4v) is 2.85. The Bertz CT molecular complexity index is 459. The third-order valence-corrected chi connectivity index (χ3v) is 3.94. The van der Waals surface area contributed by atoms with Crippen molar-refractivity contribution in [2.45, 2.75) is 38.8 Å². The summed E-state index contributed by atoms with van der Waals surface area (Å²) in [4.78, 5) is 2.50. The van der Waals surface area contributed by atoms with Gasteiger partial charge < -0.3 is 10.5 Å². The van der Waals surface area contributed by atoms with Crippen molar-refractivity contribution >= 4 is 5.84 Å². The van der Waals surface area contributed by atoms with Crippen LogP contribution < -0.4 is 10.5 Å². The largest absolute Gasteiger partial charge is 0.496 e. The first kappa shape index (κ1) is 13.9. The molecule has 4 nitrogen and oxygen atoms in total. The molecule has 0 amide bonds. The van der Waals surface area contributed by atoms with Gasteiger partial charge in [0.15, 0.2) is 0 Å². The number of rotatable bonds is 5. The minimum absolute atomic E-state index is 0.109. The Morgan fingerprint density at radius 1 is 1.53 bits per heavy atom. The molecule has 0 bridgehead atoms. The Kier molecular flexibility index (Phi) is 4.43. The highest BCUT2D eigenvalue weighted by Gasteiger charge is 2.23. The molecule has 1 fully saturated rings. The number of nitrogens with zero attached hydrogens (tertiary/aromatic N) is 1. The molecule has 0 aromatic heterocycles. The fraction of sp³-hybridized carbons (Fsp3) is 0.533. The summed E-state index contributed by atoms with van der Waals surface area (Å²) < 4.78 is 5.42. The predicted molar refractivity (Wildman–Crippen MR) is 77.7 cm³/mol. The first-order chi connectivity index (χ1) is 9.15. The van der Waals surface area contributed by atoms with Gasteiger partial charge in [0.2, 0.25) is 0 Å². The maximum Gasteiger partial charge on any atom is 0.123 e. The molecule has 3 N–H and O–H groups in total. The lowest BCUT2D eigenvalue weighted by Crippen LogP contribution is -2.28. The van der Waals surface area contributed by atoms with Gasteiger partial charge in [-0.15, -0.1) is 0 Å². The molecule has 0 saturated carbocycles. The van der Waals surface area contributed by atoms with Crippen LogP contribution in [0.25, 0.3) is 0 Å². The van der Waals surface area contributed by atoms with Crippen LogP contribution in [0.5, 0.6) is 5.75 Å². The first-order valence-corrected chi connectivity index (χ1v) is 6.91. The molecule has 2 rings (SSSR count). The zero-order chi connectivity index (χ0) is 13.8. The Morgan fingerprint density at radius 3 is 2.95 bits per heavy atom. The van der Waals surface area contributed by atoms with Crippen LogP contribution in [-0.4, -0.2) is 30.4 Å². The van der Waals surface area contributed by atoms with Gasteiger partial charge in [-0.05, 0) is 44.0 Å². The molecular formula is C15H23N3O. The van der Waals surface area contributed by atoms with E-state index in [1.54, 1.807) is 7.11 Å². The SMILES string of the molecule is CCC1CCCN1Cc1cc(C(=N)N)ccc1OC. The van der Waals surface area contributed by atoms with Gasteiger partial charge in [-0.1, -0.05) is 6.92 Å². The molecule has 0 aliphatic carbocycles. The van der Waals surface area contributed by atoms with Crippen molar-refractivity contribution in [1.82, 2.24) is 4.90 Å². The number of hydrogen-bond acceptors (Lipinski definition) is 3. The van der Waals surface area contributed by atoms with Crippen molar-refractivity contribution in [1.29, 1.82) is 5.41 Å². The molecule has 1 aliphatic heterocycles. The second-order valence-electron chi connectivity index (χ2n) is 5.12. The van der Waals surface area contributed by atoms with Gasteiger partial charge in [-0.25, -0.2) is 0 Å². The summed E-state index contributed by atoms with van der Waals surface area (Å²) in [6, 6.07) is 6.40. The Labute approximate surface area is 115 Å². The third-order valence-electron chi connectivity index (χ3n) is 3.94. The fourth-order valence-electron chi connectivity index (χ4n) is 2.85. The van der Waals surface area contributed by atoms with Crippen LogP contribution in [-0.2, 0) is 6.54 Å². The number of nitrogens with two attached hydrogens (primary N) is 1. The average molecular weight is 261 g/mol. The molecule has 4 heteroatoms. The van der Waals surface area contributed by atoms with Crippen molar-refractivity contribution < 1.29 is 4.74 Å². The lowest BCUT2D eigenvalue weighted by atomic mass is 10.1. The maximum atomic E-state index is 7.54. The van der Waals surface area contributed by atoms with E-state index in [4.69, 9.17) is 15.9 Å². The highest BCUT2D eigenvalue weighted by molar-refractivity contribution is 5.95. The summed E-state index contributed by atoms with van der Waals surface area (Å²) in [5, 5.41) is 7.54. The van der Waals surface area contributed by atoms with Crippen molar-refractivity contribution in [3.8, 4) is 5.75 Å². The summed E-state index contributed by atoms with van der Waals surface area (Å²) in [7, 11) is 1.69. The normalized spacial score (nSPS) is 19.6. The van der Waals surface area contributed by atoms with Crippen LogP contribution in [0.15, 0.2) is 18.2 Å². The van der Waals surface area contributed by atoms with E-state index >= 15 is 0 Å². The molecule has 1 aliphatic rings. The number of likely N-dealkylation sites (tertiary alicyclic amines) is 1. The van der Waals surface area contributed by atoms with Gasteiger partial charge in [0.25, 0.3) is 0 Å². The summed E-state index contributed by atoms with van der Waals surface area (Å²) in [6.07, 6.45) is 3.74. The van der Waals surface area contributed by atoms with E-state index < -0.39 is 0 Å². The van der Waals surface area contributed by atoms with E-state index in [-0.39, 0.29) is 5.84 Å². The third kappa shape index (κ3) is 3.07. The van der Waals surface area contributed by atoms with E-state index in [2.05, 4.69) is 11.8 Å². The molecule has 1 saturated heterocycles. The van der Waals surface area contributed by atoms with E-state index in [1.165, 1.54) is 19.3 Å². The Balaban J connectivity index is 2.22. The Hall–Kier alpha value is -1.55. The molecule has 1 aromatic rings. The number of amidine groups is 1. The van der Waals surface area contributed by atoms with Crippen LogP contribution in [0.4, 0.5) is 0 Å². The van der Waals surface area contributed by atoms with Crippen molar-refractivity contribution in [2.75, 3.05) is 13.7 Å². The number of nitrogen functional groups attached to an aromatic ring is 1. The average Bonchev–Trinajstić information content (AvgIpc) is 2.85. The zero-order valence-electron chi connectivity index (χ0n) is 11.8. The lowest BCUT2D eigenvalue weighted by molar-refractivity contribution is 0.236. The highest BCUT2D eigenvalue weighted by Crippen LogP contribution is 2.27. The Morgan fingerprint density at radius 2 is 2.32 bits per heavy atom. The number of nitrogens with one attached hydrogen (secondary N) is 1. The van der Waals surface area contributed by atoms with E-state index in [0.717, 1.165) is 30.0 Å². The second-order valence-corrected chi connectivity index (χ2v) is 5.12. The highest BCUT2D eigenvalue weighted by atomic mass is 16.5. The predicted octanol–water partition coefficient (Wildman–Crippen LogP) is 2.35. The standard InChI is InChI=1S/C15H23N3O/c1-3-13-5-4-8-18(13)10-12-9-11(15(16)17)6-7-14(12)19-2/h6-7,9,13H,3-5,8,10H2,1-2H3,(H3,16,17). The van der Waals surface area contributed by atoms with Crippen LogP contribution >= 0.6 is 0 Å². The summed E-state index contributed by atoms with van der Waals surface area (Å²) in [6.45, 7) is 4.26. The molecule has 1 atom stereocenters. The van der Waals surface area contributed by atoms with Gasteiger partial charge in [0.1, 0.15) is 11.6 Å². The minimum Gasteiger partial charge on any atom is -0.496 e. The summed E-state index contributed by atoms with van der Waals surface area (Å²) in [5.74, 6) is 0.990. The molecule has 1 heterocycles. The number of ether oxygens (including phenoxy) is 1. The summed E-state index contributed by atoms with van der Waals surface area (Å²) in [5.41, 5.74) is 7.45. The zero-order valence-corrected chi connectivity index (χ0v) is 11.8. The molecule has 0 spiro atoms. The number of methoxy groups -OCH3 is 1. The topological polar surface area (TPSA) is 62.3 Å². The molecule has 104 valence electrons. The van der Waals surface area contributed by atoms with E-state index in [0.29, 0.717) is 6.04 Å². The number of benzene rings is 1. The van der Waals surface area contributed by atoms with Crippen LogP contribution in [0.1, 0.15) is 37.3 Å². The summed E-state index contributed by atoms with van der Waals surface area (Å²) >= 11 is 0. The van der Waals surface area contributed by atoms with Crippen LogP contribution in [0.2, 0.25) is 0 Å². The second kappa shape index (κ2) is 6.06. The van der Waals surface area contributed by atoms with Gasteiger partial charge in [-0.2, -0.15) is 0 Å². The van der Waals surface area contributed by atoms with Gasteiger partial charge in [0, 0.05) is 23.7 Å². The van der Waals surface area contributed by atoms with Crippen molar-refractivity contribution in [3.05, 3.63) is 29.3 Å². The van der Waals surface area contributed by atoms with E-state index in [9.17, 15) is 0 Å². The van der Waals surface area contributed by atoms with Gasteiger partial charge >= 0.3 is 0 Å². The number of hydrogen-bond donors (Lipinski definition) is 2. The lowest BCUT2D eigenvalue weighted by Gasteiger charge is -2.24. The van der Waals surface area contributed by atoms with Crippen molar-refractivity contribution in [3.63, 3.8) is 0 Å². The molecule has 1 aromatic carbocycles. The van der Waals surface area contributed by atoms with Crippen molar-refractivity contribution in [2.24, 2.45) is 5.73 Å². The van der Waals surface area contributed by atoms with Crippen LogP contribution in [0.3, 0.4) is 0 Å². The van der Waals surface area contributed by atoms with Gasteiger partial charge in [0.05, 0.1) is 7.11 Å². The van der Waals surface area contributed by atoms with Gasteiger partial charge in [-0.3, -0.25) is 10.3 Å². The quantitative estimate of drug-likeness (QED) is 0.632. The minimum atomic E-state index is 0.109. The smallest absolute Gasteiger partial charge is 0.123 e. The van der Waals surface area contributed by atoms with Crippen LogP contribution in [0, 0.1) is 5.41 Å². The molecular weight excluding hydrogens is 238 g/mol. The first-order valence-electron chi connectivity index (χ1n) is 6.91.